The third-order valence-corrected chi connectivity index (χ3v) is 2.85. The molecule has 0 aliphatic rings. The highest BCUT2D eigenvalue weighted by molar-refractivity contribution is 5.84. The average Bonchev–Trinajstić information content (AvgIpc) is 2.25. The van der Waals surface area contributed by atoms with Crippen LogP contribution in [0.4, 0.5) is 0 Å². The molecule has 5 heteroatoms. The second-order valence-electron chi connectivity index (χ2n) is 4.52. The van der Waals surface area contributed by atoms with Crippen molar-refractivity contribution < 1.29 is 9.59 Å². The van der Waals surface area contributed by atoms with E-state index in [9.17, 15) is 9.59 Å². The van der Waals surface area contributed by atoms with Crippen molar-refractivity contribution >= 4 is 11.8 Å². The lowest BCUT2D eigenvalue weighted by molar-refractivity contribution is -0.133. The highest BCUT2D eigenvalue weighted by Gasteiger charge is 2.25. The van der Waals surface area contributed by atoms with E-state index in [0.717, 1.165) is 0 Å². The zero-order chi connectivity index (χ0) is 13.6. The van der Waals surface area contributed by atoms with Crippen LogP contribution in [-0.4, -0.2) is 41.9 Å². The van der Waals surface area contributed by atoms with Gasteiger partial charge in [0.2, 0.25) is 11.8 Å². The van der Waals surface area contributed by atoms with Gasteiger partial charge in [-0.05, 0) is 26.7 Å². The second-order valence-corrected chi connectivity index (χ2v) is 4.52. The molecule has 0 saturated heterocycles. The quantitative estimate of drug-likeness (QED) is 0.677. The van der Waals surface area contributed by atoms with Crippen molar-refractivity contribution in [1.82, 2.24) is 10.2 Å². The van der Waals surface area contributed by atoms with E-state index >= 15 is 0 Å². The van der Waals surface area contributed by atoms with Crippen LogP contribution < -0.4 is 11.1 Å². The van der Waals surface area contributed by atoms with Crippen molar-refractivity contribution in [3.05, 3.63) is 0 Å². The number of nitrogens with zero attached hydrogens (tertiary/aromatic N) is 1. The van der Waals surface area contributed by atoms with Gasteiger partial charge in [0.25, 0.3) is 0 Å². The summed E-state index contributed by atoms with van der Waals surface area (Å²) in [6, 6.07) is -0.862. The van der Waals surface area contributed by atoms with Crippen molar-refractivity contribution in [3.63, 3.8) is 0 Å². The van der Waals surface area contributed by atoms with Gasteiger partial charge >= 0.3 is 0 Å². The Balaban J connectivity index is 4.55. The van der Waals surface area contributed by atoms with Crippen molar-refractivity contribution in [1.29, 1.82) is 0 Å². The smallest absolute Gasteiger partial charge is 0.239 e. The molecule has 0 radical (unpaired) electrons. The molecule has 17 heavy (non-hydrogen) atoms. The molecule has 0 bridgehead atoms. The van der Waals surface area contributed by atoms with E-state index in [1.165, 1.54) is 0 Å². The van der Waals surface area contributed by atoms with E-state index in [2.05, 4.69) is 5.32 Å². The number of hydrogen-bond donors (Lipinski definition) is 2. The summed E-state index contributed by atoms with van der Waals surface area (Å²) in [5, 5.41) is 3.00. The average molecular weight is 243 g/mol. The zero-order valence-electron chi connectivity index (χ0n) is 11.5. The van der Waals surface area contributed by atoms with Crippen molar-refractivity contribution in [2.45, 2.75) is 46.7 Å². The van der Waals surface area contributed by atoms with Gasteiger partial charge in [-0.2, -0.15) is 0 Å². The lowest BCUT2D eigenvalue weighted by atomic mass is 10.0. The normalized spacial score (nSPS) is 14.5. The van der Waals surface area contributed by atoms with Gasteiger partial charge < -0.3 is 10.6 Å². The standard InChI is InChI=1S/C12H25N3O2/c1-6-15(7-2)12(17)9(5)14-10(8(3)4)11(13)16/h8-10,14H,6-7H2,1-5H3,(H2,13,16). The Hall–Kier alpha value is -1.10. The monoisotopic (exact) mass is 243 g/mol. The van der Waals surface area contributed by atoms with Crippen molar-refractivity contribution in [3.8, 4) is 0 Å². The third kappa shape index (κ3) is 4.73. The van der Waals surface area contributed by atoms with Gasteiger partial charge in [-0.15, -0.1) is 0 Å². The maximum absolute atomic E-state index is 12.0. The van der Waals surface area contributed by atoms with Crippen LogP contribution in [0.15, 0.2) is 0 Å². The predicted octanol–water partition coefficient (Wildman–Crippen LogP) is 0.343. The van der Waals surface area contributed by atoms with E-state index < -0.39 is 18.0 Å². The van der Waals surface area contributed by atoms with Gasteiger partial charge in [-0.1, -0.05) is 13.8 Å². The number of amides is 2. The van der Waals surface area contributed by atoms with Gasteiger partial charge in [-0.25, -0.2) is 0 Å². The number of primary amides is 1. The number of hydrogen-bond acceptors (Lipinski definition) is 3. The fraction of sp³-hybridized carbons (Fsp3) is 0.833. The van der Waals surface area contributed by atoms with E-state index in [4.69, 9.17) is 5.73 Å². The van der Waals surface area contributed by atoms with Crippen LogP contribution >= 0.6 is 0 Å². The Morgan fingerprint density at radius 2 is 1.65 bits per heavy atom. The van der Waals surface area contributed by atoms with Crippen LogP contribution in [0.25, 0.3) is 0 Å². The summed E-state index contributed by atoms with van der Waals surface area (Å²) >= 11 is 0. The highest BCUT2D eigenvalue weighted by Crippen LogP contribution is 2.04. The van der Waals surface area contributed by atoms with Gasteiger partial charge in [0.1, 0.15) is 0 Å². The van der Waals surface area contributed by atoms with Gasteiger partial charge in [-0.3, -0.25) is 14.9 Å². The Labute approximate surface area is 104 Å². The minimum atomic E-state index is -0.468. The molecule has 0 heterocycles. The van der Waals surface area contributed by atoms with Gasteiger partial charge in [0, 0.05) is 13.1 Å². The van der Waals surface area contributed by atoms with E-state index in [1.54, 1.807) is 11.8 Å². The maximum atomic E-state index is 12.0. The fourth-order valence-electron chi connectivity index (χ4n) is 1.75. The molecule has 0 aromatic carbocycles. The molecule has 100 valence electrons. The molecule has 0 saturated carbocycles. The molecule has 2 atom stereocenters. The van der Waals surface area contributed by atoms with Gasteiger partial charge in [0.15, 0.2) is 0 Å². The molecule has 0 fully saturated rings. The molecular formula is C12H25N3O2. The van der Waals surface area contributed by atoms with E-state index in [0.29, 0.717) is 13.1 Å². The maximum Gasteiger partial charge on any atom is 0.239 e. The molecule has 3 N–H and O–H groups in total. The number of carbonyl (C=O) groups is 2. The number of nitrogens with one attached hydrogen (secondary N) is 1. The van der Waals surface area contributed by atoms with Gasteiger partial charge in [0.05, 0.1) is 12.1 Å². The summed E-state index contributed by atoms with van der Waals surface area (Å²) in [6.07, 6.45) is 0. The summed E-state index contributed by atoms with van der Waals surface area (Å²) in [6.45, 7) is 10.8. The molecule has 0 rings (SSSR count). The molecule has 0 aromatic heterocycles. The molecule has 0 aromatic rings. The highest BCUT2D eigenvalue weighted by atomic mass is 16.2. The van der Waals surface area contributed by atoms with Crippen LogP contribution in [0.3, 0.4) is 0 Å². The first kappa shape index (κ1) is 15.9. The largest absolute Gasteiger partial charge is 0.368 e. The van der Waals surface area contributed by atoms with Crippen LogP contribution in [0.2, 0.25) is 0 Å². The number of rotatable bonds is 7. The van der Waals surface area contributed by atoms with Crippen LogP contribution in [0.5, 0.6) is 0 Å². The molecular weight excluding hydrogens is 218 g/mol. The Morgan fingerprint density at radius 3 is 1.94 bits per heavy atom. The Morgan fingerprint density at radius 1 is 1.18 bits per heavy atom. The second kappa shape index (κ2) is 7.27. The Kier molecular flexibility index (Phi) is 6.80. The Bertz CT molecular complexity index is 262. The first-order chi connectivity index (χ1) is 7.84. The lowest BCUT2D eigenvalue weighted by Gasteiger charge is -2.27. The van der Waals surface area contributed by atoms with E-state index in [-0.39, 0.29) is 11.8 Å². The number of carbonyl (C=O) groups excluding carboxylic acids is 2. The third-order valence-electron chi connectivity index (χ3n) is 2.85. The summed E-state index contributed by atoms with van der Waals surface area (Å²) in [4.78, 5) is 25.0. The molecule has 2 unspecified atom stereocenters. The predicted molar refractivity (Wildman–Crippen MR) is 68.3 cm³/mol. The summed E-state index contributed by atoms with van der Waals surface area (Å²) in [5.41, 5.74) is 5.30. The molecule has 0 aliphatic heterocycles. The topological polar surface area (TPSA) is 75.4 Å². The first-order valence-corrected chi connectivity index (χ1v) is 6.19. The van der Waals surface area contributed by atoms with Crippen molar-refractivity contribution in [2.24, 2.45) is 11.7 Å². The van der Waals surface area contributed by atoms with Crippen LogP contribution in [-0.2, 0) is 9.59 Å². The lowest BCUT2D eigenvalue weighted by Crippen LogP contribution is -2.54. The number of nitrogens with two attached hydrogens (primary N) is 1. The van der Waals surface area contributed by atoms with E-state index in [1.807, 2.05) is 27.7 Å². The van der Waals surface area contributed by atoms with Crippen LogP contribution in [0.1, 0.15) is 34.6 Å². The number of likely N-dealkylation sites (N-methyl/N-ethyl adjacent to an activating group) is 1. The fourth-order valence-corrected chi connectivity index (χ4v) is 1.75. The van der Waals surface area contributed by atoms with Crippen molar-refractivity contribution in [2.75, 3.05) is 13.1 Å². The van der Waals surface area contributed by atoms with Crippen LogP contribution in [0, 0.1) is 5.92 Å². The molecule has 0 spiro atoms. The minimum absolute atomic E-state index is 0.00176. The summed E-state index contributed by atoms with van der Waals surface area (Å²) in [7, 11) is 0. The first-order valence-electron chi connectivity index (χ1n) is 6.19. The molecule has 5 nitrogen and oxygen atoms in total. The minimum Gasteiger partial charge on any atom is -0.368 e. The summed E-state index contributed by atoms with van der Waals surface area (Å²) in [5.74, 6) is -0.347. The summed E-state index contributed by atoms with van der Waals surface area (Å²) < 4.78 is 0. The zero-order valence-corrected chi connectivity index (χ0v) is 11.5. The molecule has 2 amide bonds. The molecule has 0 aliphatic carbocycles. The SMILES string of the molecule is CCN(CC)C(=O)C(C)NC(C(N)=O)C(C)C.